The maximum atomic E-state index is 8.67. The van der Waals surface area contributed by atoms with Crippen molar-refractivity contribution in [1.29, 1.82) is 5.26 Å². The van der Waals surface area contributed by atoms with Crippen LogP contribution in [0.5, 0.6) is 0 Å². The minimum absolute atomic E-state index is 0.411. The quantitative estimate of drug-likeness (QED) is 0.729. The van der Waals surface area contributed by atoms with Crippen LogP contribution in [-0.2, 0) is 0 Å². The average molecular weight is 302 g/mol. The summed E-state index contributed by atoms with van der Waals surface area (Å²) in [4.78, 5) is 17.4. The molecule has 0 aliphatic rings. The number of hydrogen-bond acceptors (Lipinski definition) is 6. The number of nitrogens with zero attached hydrogens (tertiary/aromatic N) is 5. The van der Waals surface area contributed by atoms with E-state index < -0.39 is 0 Å². The van der Waals surface area contributed by atoms with Crippen LogP contribution in [0, 0.1) is 11.3 Å². The molecule has 0 atom stereocenters. The molecule has 3 aromatic rings. The van der Waals surface area contributed by atoms with E-state index in [2.05, 4.69) is 31.3 Å². The minimum atomic E-state index is 0.411. The number of hydrogen-bond donors (Lipinski definition) is 1. The molecular weight excluding hydrogens is 288 g/mol. The van der Waals surface area contributed by atoms with Crippen molar-refractivity contribution in [2.24, 2.45) is 0 Å². The van der Waals surface area contributed by atoms with Gasteiger partial charge < -0.3 is 5.32 Å². The molecular formula is C17H14N6. The third-order valence-electron chi connectivity index (χ3n) is 3.15. The fourth-order valence-corrected chi connectivity index (χ4v) is 2.07. The Labute approximate surface area is 133 Å². The molecule has 0 saturated carbocycles. The summed E-state index contributed by atoms with van der Waals surface area (Å²) >= 11 is 0. The zero-order valence-electron chi connectivity index (χ0n) is 12.3. The number of pyridine rings is 2. The van der Waals surface area contributed by atoms with Gasteiger partial charge in [0.1, 0.15) is 5.82 Å². The van der Waals surface area contributed by atoms with Crippen LogP contribution in [0.2, 0.25) is 0 Å². The summed E-state index contributed by atoms with van der Waals surface area (Å²) in [5.41, 5.74) is 2.51. The van der Waals surface area contributed by atoms with Gasteiger partial charge in [0, 0.05) is 48.5 Å². The van der Waals surface area contributed by atoms with E-state index in [4.69, 9.17) is 5.26 Å². The average Bonchev–Trinajstić information content (AvgIpc) is 2.63. The zero-order chi connectivity index (χ0) is 15.9. The highest BCUT2D eigenvalue weighted by atomic mass is 15.0. The summed E-state index contributed by atoms with van der Waals surface area (Å²) in [6.07, 6.45) is 7.32. The van der Waals surface area contributed by atoms with Crippen LogP contribution in [-0.4, -0.2) is 26.5 Å². The summed E-state index contributed by atoms with van der Waals surface area (Å²) in [5.74, 6) is 1.26. The molecule has 0 fully saturated rings. The molecule has 6 nitrogen and oxygen atoms in total. The van der Waals surface area contributed by atoms with Gasteiger partial charge in [0.2, 0.25) is 0 Å². The summed E-state index contributed by atoms with van der Waals surface area (Å²) < 4.78 is 0. The van der Waals surface area contributed by atoms with Crippen LogP contribution < -0.4 is 5.32 Å². The van der Waals surface area contributed by atoms with E-state index in [1.54, 1.807) is 24.8 Å². The van der Waals surface area contributed by atoms with Gasteiger partial charge >= 0.3 is 0 Å². The molecule has 0 radical (unpaired) electrons. The molecule has 0 bridgehead atoms. The fraction of sp³-hybridized carbons (Fsp3) is 0.118. The second-order valence-corrected chi connectivity index (χ2v) is 4.78. The van der Waals surface area contributed by atoms with Gasteiger partial charge in [-0.2, -0.15) is 5.26 Å². The smallest absolute Gasteiger partial charge is 0.163 e. The topological polar surface area (TPSA) is 87.4 Å². The lowest BCUT2D eigenvalue weighted by molar-refractivity contribution is 1.04. The van der Waals surface area contributed by atoms with Crippen LogP contribution in [0.15, 0.2) is 55.1 Å². The first-order chi connectivity index (χ1) is 11.4. The first-order valence-corrected chi connectivity index (χ1v) is 7.17. The molecule has 0 spiro atoms. The van der Waals surface area contributed by atoms with E-state index in [0.29, 0.717) is 24.6 Å². The van der Waals surface area contributed by atoms with Crippen molar-refractivity contribution in [3.8, 4) is 28.7 Å². The van der Waals surface area contributed by atoms with Gasteiger partial charge in [-0.1, -0.05) is 0 Å². The lowest BCUT2D eigenvalue weighted by Gasteiger charge is -2.09. The molecule has 0 amide bonds. The van der Waals surface area contributed by atoms with Crippen LogP contribution in [0.4, 0.5) is 5.82 Å². The highest BCUT2D eigenvalue weighted by molar-refractivity contribution is 5.66. The number of anilines is 1. The minimum Gasteiger partial charge on any atom is -0.369 e. The Hall–Kier alpha value is -3.33. The van der Waals surface area contributed by atoms with E-state index in [-0.39, 0.29) is 0 Å². The molecule has 3 heterocycles. The highest BCUT2D eigenvalue weighted by Crippen LogP contribution is 2.23. The molecule has 23 heavy (non-hydrogen) atoms. The lowest BCUT2D eigenvalue weighted by Crippen LogP contribution is -2.05. The predicted molar refractivity (Wildman–Crippen MR) is 87.2 cm³/mol. The van der Waals surface area contributed by atoms with Crippen molar-refractivity contribution in [2.75, 3.05) is 11.9 Å². The Morgan fingerprint density at radius 3 is 2.39 bits per heavy atom. The maximum absolute atomic E-state index is 8.67. The molecule has 0 aliphatic carbocycles. The van der Waals surface area contributed by atoms with Gasteiger partial charge in [0.25, 0.3) is 0 Å². The Kier molecular flexibility index (Phi) is 4.50. The van der Waals surface area contributed by atoms with Crippen LogP contribution in [0.25, 0.3) is 22.6 Å². The van der Waals surface area contributed by atoms with E-state index in [1.165, 1.54) is 0 Å². The van der Waals surface area contributed by atoms with Crippen molar-refractivity contribution >= 4 is 5.82 Å². The summed E-state index contributed by atoms with van der Waals surface area (Å²) in [6.45, 7) is 0.534. The number of aromatic nitrogens is 4. The van der Waals surface area contributed by atoms with Crippen LogP contribution in [0.1, 0.15) is 6.42 Å². The first kappa shape index (κ1) is 14.6. The van der Waals surface area contributed by atoms with E-state index >= 15 is 0 Å². The molecule has 1 N–H and O–H groups in total. The maximum Gasteiger partial charge on any atom is 0.163 e. The van der Waals surface area contributed by atoms with Crippen LogP contribution in [0.3, 0.4) is 0 Å². The van der Waals surface area contributed by atoms with Gasteiger partial charge in [-0.25, -0.2) is 9.97 Å². The van der Waals surface area contributed by atoms with Crippen molar-refractivity contribution in [1.82, 2.24) is 19.9 Å². The summed E-state index contributed by atoms with van der Waals surface area (Å²) in [6, 6.07) is 11.5. The molecule has 6 heteroatoms. The fourth-order valence-electron chi connectivity index (χ4n) is 2.07. The monoisotopic (exact) mass is 302 g/mol. The number of nitriles is 1. The molecule has 112 valence electrons. The predicted octanol–water partition coefficient (Wildman–Crippen LogP) is 2.93. The molecule has 0 aromatic carbocycles. The van der Waals surface area contributed by atoms with Crippen molar-refractivity contribution in [3.63, 3.8) is 0 Å². The van der Waals surface area contributed by atoms with E-state index in [9.17, 15) is 0 Å². The second kappa shape index (κ2) is 7.09. The standard InChI is InChI=1S/C17H14N6/c18-6-3-9-21-16-10-15(13-4-1-7-19-11-13)22-17(23-16)14-5-2-8-20-12-14/h1-2,4-5,7-8,10-12H,3,9H2,(H,21,22,23). The lowest BCUT2D eigenvalue weighted by atomic mass is 10.2. The largest absolute Gasteiger partial charge is 0.369 e. The highest BCUT2D eigenvalue weighted by Gasteiger charge is 2.09. The zero-order valence-corrected chi connectivity index (χ0v) is 12.3. The van der Waals surface area contributed by atoms with Crippen molar-refractivity contribution in [2.45, 2.75) is 6.42 Å². The molecule has 0 saturated heterocycles. The summed E-state index contributed by atoms with van der Waals surface area (Å²) in [5, 5.41) is 11.8. The molecule has 3 rings (SSSR count). The third kappa shape index (κ3) is 3.66. The second-order valence-electron chi connectivity index (χ2n) is 4.78. The van der Waals surface area contributed by atoms with Gasteiger partial charge in [-0.15, -0.1) is 0 Å². The Bertz CT molecular complexity index is 754. The van der Waals surface area contributed by atoms with Gasteiger partial charge in [-0.3, -0.25) is 9.97 Å². The Morgan fingerprint density at radius 1 is 1.00 bits per heavy atom. The molecule has 3 aromatic heterocycles. The molecule has 0 aliphatic heterocycles. The van der Waals surface area contributed by atoms with Gasteiger partial charge in [0.15, 0.2) is 5.82 Å². The normalized spacial score (nSPS) is 10.0. The SMILES string of the molecule is N#CCCNc1cc(-c2cccnc2)nc(-c2cccnc2)n1. The third-order valence-corrected chi connectivity index (χ3v) is 3.15. The van der Waals surface area contributed by atoms with E-state index in [1.807, 2.05) is 30.3 Å². The number of nitrogens with one attached hydrogen (secondary N) is 1. The van der Waals surface area contributed by atoms with Gasteiger partial charge in [-0.05, 0) is 24.3 Å². The van der Waals surface area contributed by atoms with Gasteiger partial charge in [0.05, 0.1) is 18.2 Å². The van der Waals surface area contributed by atoms with Crippen molar-refractivity contribution < 1.29 is 0 Å². The number of rotatable bonds is 5. The molecule has 0 unspecified atom stereocenters. The Balaban J connectivity index is 2.02. The Morgan fingerprint density at radius 2 is 1.74 bits per heavy atom. The first-order valence-electron chi connectivity index (χ1n) is 7.17. The van der Waals surface area contributed by atoms with Crippen molar-refractivity contribution in [3.05, 3.63) is 55.1 Å². The van der Waals surface area contributed by atoms with Crippen LogP contribution >= 0.6 is 0 Å². The van der Waals surface area contributed by atoms with E-state index in [0.717, 1.165) is 16.8 Å². The summed E-state index contributed by atoms with van der Waals surface area (Å²) in [7, 11) is 0.